The van der Waals surface area contributed by atoms with Gasteiger partial charge in [0.1, 0.15) is 23.4 Å². The maximum absolute atomic E-state index is 12.4. The van der Waals surface area contributed by atoms with E-state index in [-0.39, 0.29) is 30.4 Å². The summed E-state index contributed by atoms with van der Waals surface area (Å²) in [6.45, 7) is 10.9. The van der Waals surface area contributed by atoms with Crippen LogP contribution in [0.2, 0.25) is 0 Å². The van der Waals surface area contributed by atoms with Gasteiger partial charge >= 0.3 is 11.9 Å². The summed E-state index contributed by atoms with van der Waals surface area (Å²) in [7, 11) is 0. The molecule has 0 aliphatic carbocycles. The molecule has 3 heterocycles. The van der Waals surface area contributed by atoms with Gasteiger partial charge in [-0.3, -0.25) is 34.1 Å². The molecule has 0 saturated carbocycles. The molecule has 0 radical (unpaired) electrons. The Hall–Kier alpha value is -6.11. The smallest absolute Gasteiger partial charge is 0.314 e. The van der Waals surface area contributed by atoms with Gasteiger partial charge in [0.2, 0.25) is 0 Å². The van der Waals surface area contributed by atoms with Gasteiger partial charge in [-0.05, 0) is 124 Å². The SMILES string of the molecule is CC(C)(C)OC(=O)CC(=O)c1cccc(-c2cccnc2)c1.CC(C)(C)OC(=O)Cc1ccc(Br)cc1N.O=C1CC(c2cccc(-c3cccnc3)c2)=Nc2ccc(Br)cc2C1. The number of carbonyl (C=O) groups excluding carboxylic acids is 4. The molecule has 12 heteroatoms. The van der Waals surface area contributed by atoms with Crippen LogP contribution in [0.15, 0.2) is 148 Å². The number of aromatic nitrogens is 2. The number of nitrogens with two attached hydrogens (primary N) is 1. The van der Waals surface area contributed by atoms with Crippen molar-refractivity contribution in [1.29, 1.82) is 0 Å². The highest BCUT2D eigenvalue weighted by Crippen LogP contribution is 2.30. The van der Waals surface area contributed by atoms with Gasteiger partial charge in [0, 0.05) is 69.0 Å². The van der Waals surface area contributed by atoms with Gasteiger partial charge in [0.05, 0.1) is 17.8 Å². The number of nitrogens with zero attached hydrogens (tertiary/aromatic N) is 3. The summed E-state index contributed by atoms with van der Waals surface area (Å²) in [5.41, 5.74) is 14.2. The van der Waals surface area contributed by atoms with Gasteiger partial charge in [0.15, 0.2) is 5.78 Å². The second-order valence-electron chi connectivity index (χ2n) is 16.7. The lowest BCUT2D eigenvalue weighted by Crippen LogP contribution is -2.25. The van der Waals surface area contributed by atoms with Gasteiger partial charge in [0.25, 0.3) is 0 Å². The number of hydrogen-bond donors (Lipinski definition) is 1. The zero-order valence-corrected chi connectivity index (χ0v) is 39.3. The Morgan fingerprint density at radius 1 is 0.635 bits per heavy atom. The third kappa shape index (κ3) is 15.6. The number of pyridine rings is 2. The fourth-order valence-electron chi connectivity index (χ4n) is 6.31. The first-order valence-electron chi connectivity index (χ1n) is 20.2. The average molecular weight is 975 g/mol. The third-order valence-electron chi connectivity index (χ3n) is 9.01. The number of ether oxygens (including phenoxy) is 2. The highest BCUT2D eigenvalue weighted by atomic mass is 79.9. The fourth-order valence-corrected chi connectivity index (χ4v) is 7.09. The van der Waals surface area contributed by atoms with E-state index in [1.165, 1.54) is 0 Å². The Morgan fingerprint density at radius 3 is 1.79 bits per heavy atom. The van der Waals surface area contributed by atoms with Crippen molar-refractivity contribution in [3.8, 4) is 22.3 Å². The van der Waals surface area contributed by atoms with E-state index in [4.69, 9.17) is 20.2 Å². The lowest BCUT2D eigenvalue weighted by molar-refractivity contribution is -0.154. The monoisotopic (exact) mass is 972 g/mol. The average Bonchev–Trinajstić information content (AvgIpc) is 3.39. The van der Waals surface area contributed by atoms with Crippen LogP contribution in [-0.2, 0) is 36.7 Å². The number of hydrogen-bond acceptors (Lipinski definition) is 10. The summed E-state index contributed by atoms with van der Waals surface area (Å²) < 4.78 is 12.3. The van der Waals surface area contributed by atoms with Crippen LogP contribution in [-0.4, -0.2) is 50.4 Å². The molecule has 2 aromatic heterocycles. The quantitative estimate of drug-likeness (QED) is 0.0680. The molecule has 0 atom stereocenters. The van der Waals surface area contributed by atoms with Crippen LogP contribution >= 0.6 is 31.9 Å². The Kier molecular flexibility index (Phi) is 16.6. The predicted molar refractivity (Wildman–Crippen MR) is 256 cm³/mol. The normalized spacial score (nSPS) is 12.2. The number of fused-ring (bicyclic) bond motifs is 1. The zero-order valence-electron chi connectivity index (χ0n) is 36.2. The van der Waals surface area contributed by atoms with Crippen LogP contribution in [0.25, 0.3) is 22.3 Å². The Morgan fingerprint density at radius 2 is 1.19 bits per heavy atom. The van der Waals surface area contributed by atoms with Crippen molar-refractivity contribution in [3.05, 3.63) is 165 Å². The van der Waals surface area contributed by atoms with E-state index >= 15 is 0 Å². The van der Waals surface area contributed by atoms with Crippen LogP contribution in [0, 0.1) is 0 Å². The van der Waals surface area contributed by atoms with Crippen LogP contribution in [0.5, 0.6) is 0 Å². The molecule has 4 aromatic carbocycles. The number of anilines is 1. The first-order chi connectivity index (χ1) is 29.8. The molecule has 0 spiro atoms. The summed E-state index contributed by atoms with van der Waals surface area (Å²) in [5.74, 6) is -0.840. The lowest BCUT2D eigenvalue weighted by atomic mass is 9.99. The minimum Gasteiger partial charge on any atom is -0.460 e. The first kappa shape index (κ1) is 47.9. The Bertz CT molecular complexity index is 2600. The standard InChI is InChI=1S/C21H15BrN2O.C18H19NO3.C12H16BrNO2/c22-18-6-7-20-17(10-18)11-19(25)12-21(24-20)15-4-1-3-14(9-15)16-5-2-8-23-13-16;1-18(2,3)22-17(21)11-16(20)14-7-4-6-13(10-14)15-8-5-9-19-12-15;1-12(2,3)16-11(15)6-8-4-5-9(13)7-10(8)14/h1-10,13H,11-12H2;4-10,12H,11H2,1-3H3;4-5,7H,6,14H2,1-3H3. The molecule has 7 rings (SSSR count). The molecule has 2 N–H and O–H groups in total. The van der Waals surface area contributed by atoms with Gasteiger partial charge in [-0.25, -0.2) is 0 Å². The fraction of sp³-hybridized carbons (Fsp3) is 0.235. The molecule has 63 heavy (non-hydrogen) atoms. The Balaban J connectivity index is 0.000000183. The Labute approximate surface area is 385 Å². The van der Waals surface area contributed by atoms with Gasteiger partial charge < -0.3 is 15.2 Å². The maximum atomic E-state index is 12.4. The van der Waals surface area contributed by atoms with Crippen molar-refractivity contribution in [2.45, 2.75) is 78.4 Å². The zero-order chi connectivity index (χ0) is 45.7. The van der Waals surface area contributed by atoms with E-state index in [0.717, 1.165) is 59.3 Å². The van der Waals surface area contributed by atoms with E-state index in [0.29, 0.717) is 24.1 Å². The number of carbonyl (C=O) groups is 4. The number of nitrogen functional groups attached to an aromatic ring is 1. The molecule has 6 aromatic rings. The number of ketones is 2. The molecule has 0 bridgehead atoms. The van der Waals surface area contributed by atoms with Crippen LogP contribution in [0.3, 0.4) is 0 Å². The number of Topliss-reactive ketones (excluding diaryl/α,β-unsaturated/α-hetero) is 2. The van der Waals surface area contributed by atoms with Crippen molar-refractivity contribution < 1.29 is 28.7 Å². The second kappa shape index (κ2) is 21.8. The van der Waals surface area contributed by atoms with Crippen LogP contribution < -0.4 is 5.73 Å². The highest BCUT2D eigenvalue weighted by molar-refractivity contribution is 9.10. The third-order valence-corrected chi connectivity index (χ3v) is 9.99. The molecule has 0 saturated heterocycles. The topological polar surface area (TPSA) is 151 Å². The number of aliphatic imine (C=N–C) groups is 1. The van der Waals surface area contributed by atoms with Crippen molar-refractivity contribution >= 4 is 72.5 Å². The van der Waals surface area contributed by atoms with Crippen LogP contribution in [0.1, 0.15) is 81.4 Å². The van der Waals surface area contributed by atoms with E-state index in [1.807, 2.05) is 106 Å². The summed E-state index contributed by atoms with van der Waals surface area (Å²) in [6, 6.07) is 34.4. The van der Waals surface area contributed by atoms with E-state index in [2.05, 4.69) is 47.9 Å². The number of rotatable bonds is 8. The molecule has 0 unspecified atom stereocenters. The molecule has 0 amide bonds. The minimum atomic E-state index is -0.588. The van der Waals surface area contributed by atoms with Crippen LogP contribution in [0.4, 0.5) is 11.4 Å². The van der Waals surface area contributed by atoms with Gasteiger partial charge in [-0.2, -0.15) is 0 Å². The van der Waals surface area contributed by atoms with Gasteiger partial charge in [-0.1, -0.05) is 86.5 Å². The molecule has 1 aliphatic rings. The van der Waals surface area contributed by atoms with Crippen molar-refractivity contribution in [3.63, 3.8) is 0 Å². The molecular formula is C51H50Br2N4O6. The summed E-state index contributed by atoms with van der Waals surface area (Å²) >= 11 is 6.78. The van der Waals surface area contributed by atoms with E-state index < -0.39 is 17.2 Å². The molecule has 10 nitrogen and oxygen atoms in total. The van der Waals surface area contributed by atoms with E-state index in [1.54, 1.807) is 63.6 Å². The molecule has 324 valence electrons. The molecular weight excluding hydrogens is 924 g/mol. The molecule has 0 fully saturated rings. The minimum absolute atomic E-state index is 0.183. The van der Waals surface area contributed by atoms with E-state index in [9.17, 15) is 19.2 Å². The maximum Gasteiger partial charge on any atom is 0.314 e. The molecule has 1 aliphatic heterocycles. The number of halogens is 2. The van der Waals surface area contributed by atoms with Crippen molar-refractivity contribution in [2.24, 2.45) is 4.99 Å². The van der Waals surface area contributed by atoms with Gasteiger partial charge in [-0.15, -0.1) is 0 Å². The first-order valence-corrected chi connectivity index (χ1v) is 21.8. The summed E-state index contributed by atoms with van der Waals surface area (Å²) in [5, 5.41) is 0. The summed E-state index contributed by atoms with van der Waals surface area (Å²) in [6.07, 6.45) is 7.75. The summed E-state index contributed by atoms with van der Waals surface area (Å²) in [4.78, 5) is 61.0. The lowest BCUT2D eigenvalue weighted by Gasteiger charge is -2.19. The number of esters is 2. The largest absolute Gasteiger partial charge is 0.460 e. The second-order valence-corrected chi connectivity index (χ2v) is 18.5. The predicted octanol–water partition coefficient (Wildman–Crippen LogP) is 11.7. The van der Waals surface area contributed by atoms with Crippen molar-refractivity contribution in [2.75, 3.05) is 5.73 Å². The number of benzene rings is 4. The van der Waals surface area contributed by atoms with Crippen molar-refractivity contribution in [1.82, 2.24) is 9.97 Å². The highest BCUT2D eigenvalue weighted by Gasteiger charge is 2.21.